The Hall–Kier alpha value is -2.12. The van der Waals surface area contributed by atoms with E-state index in [1.165, 1.54) is 28.7 Å². The summed E-state index contributed by atoms with van der Waals surface area (Å²) < 4.78 is 5.77. The fraction of sp³-hybridized carbons (Fsp3) is 0.524. The molecule has 28 heavy (non-hydrogen) atoms. The highest BCUT2D eigenvalue weighted by atomic mass is 32.1. The number of aryl methyl sites for hydroxylation is 2. The van der Waals surface area contributed by atoms with Gasteiger partial charge in [-0.05, 0) is 43.6 Å². The van der Waals surface area contributed by atoms with Gasteiger partial charge in [-0.25, -0.2) is 15.0 Å². The van der Waals surface area contributed by atoms with Gasteiger partial charge in [0, 0.05) is 37.5 Å². The van der Waals surface area contributed by atoms with Gasteiger partial charge in [0.05, 0.1) is 17.7 Å². The van der Waals surface area contributed by atoms with Gasteiger partial charge in [0.1, 0.15) is 16.3 Å². The van der Waals surface area contributed by atoms with Crippen LogP contribution in [-0.2, 0) is 17.6 Å². The highest BCUT2D eigenvalue weighted by Gasteiger charge is 2.30. The van der Waals surface area contributed by atoms with E-state index in [1.54, 1.807) is 18.6 Å². The normalized spacial score (nSPS) is 22.4. The number of anilines is 1. The van der Waals surface area contributed by atoms with Gasteiger partial charge in [-0.1, -0.05) is 6.92 Å². The molecule has 7 heteroatoms. The van der Waals surface area contributed by atoms with E-state index in [9.17, 15) is 0 Å². The second-order valence-electron chi connectivity index (χ2n) is 7.84. The smallest absolute Gasteiger partial charge is 0.183 e. The largest absolute Gasteiger partial charge is 0.379 e. The summed E-state index contributed by atoms with van der Waals surface area (Å²) >= 11 is 1.84. The molecule has 2 aliphatic rings. The zero-order valence-corrected chi connectivity index (χ0v) is 17.2. The van der Waals surface area contributed by atoms with Crippen LogP contribution in [0, 0.1) is 5.92 Å². The van der Waals surface area contributed by atoms with E-state index in [0.29, 0.717) is 11.7 Å². The average molecular weight is 396 g/mol. The number of fused-ring (bicyclic) bond motifs is 3. The third-order valence-electron chi connectivity index (χ3n) is 6.08. The molecule has 1 aliphatic carbocycles. The fourth-order valence-corrected chi connectivity index (χ4v) is 5.68. The minimum atomic E-state index is 0.230. The lowest BCUT2D eigenvalue weighted by Crippen LogP contribution is -2.44. The van der Waals surface area contributed by atoms with Gasteiger partial charge in [0.15, 0.2) is 5.82 Å². The third-order valence-corrected chi connectivity index (χ3v) is 7.27. The Labute approximate surface area is 169 Å². The van der Waals surface area contributed by atoms with Crippen molar-refractivity contribution in [1.29, 1.82) is 0 Å². The topological polar surface area (TPSA) is 64.0 Å². The van der Waals surface area contributed by atoms with E-state index in [2.05, 4.69) is 21.8 Å². The summed E-state index contributed by atoms with van der Waals surface area (Å²) in [6.45, 7) is 4.14. The lowest BCUT2D eigenvalue weighted by Gasteiger charge is -2.37. The lowest BCUT2D eigenvalue weighted by atomic mass is 9.94. The fourth-order valence-electron chi connectivity index (χ4n) is 4.43. The summed E-state index contributed by atoms with van der Waals surface area (Å²) in [6, 6.07) is 0. The first-order valence-corrected chi connectivity index (χ1v) is 10.9. The molecule has 3 aromatic rings. The van der Waals surface area contributed by atoms with Crippen molar-refractivity contribution in [3.05, 3.63) is 29.0 Å². The zero-order chi connectivity index (χ0) is 19.1. The Morgan fingerprint density at radius 2 is 2.07 bits per heavy atom. The van der Waals surface area contributed by atoms with Crippen molar-refractivity contribution in [3.63, 3.8) is 0 Å². The molecule has 6 nitrogen and oxygen atoms in total. The first-order valence-electron chi connectivity index (χ1n) is 10.1. The molecule has 0 saturated carbocycles. The quantitative estimate of drug-likeness (QED) is 0.670. The predicted octanol–water partition coefficient (Wildman–Crippen LogP) is 3.89. The maximum Gasteiger partial charge on any atom is 0.183 e. The maximum absolute atomic E-state index is 5.77. The van der Waals surface area contributed by atoms with Gasteiger partial charge in [-0.2, -0.15) is 0 Å². The number of ether oxygens (including phenoxy) is 1. The number of piperidine rings is 1. The molecule has 1 saturated heterocycles. The summed E-state index contributed by atoms with van der Waals surface area (Å²) in [4.78, 5) is 23.6. The van der Waals surface area contributed by atoms with Gasteiger partial charge in [-0.3, -0.25) is 4.98 Å². The molecular formula is C21H25N5OS. The van der Waals surface area contributed by atoms with Crippen molar-refractivity contribution in [3.8, 4) is 11.5 Å². The van der Waals surface area contributed by atoms with E-state index in [1.807, 2.05) is 18.4 Å². The second kappa shape index (κ2) is 7.37. The van der Waals surface area contributed by atoms with Gasteiger partial charge in [0.25, 0.3) is 0 Å². The van der Waals surface area contributed by atoms with Crippen molar-refractivity contribution in [2.45, 2.75) is 45.1 Å². The van der Waals surface area contributed by atoms with Gasteiger partial charge >= 0.3 is 0 Å². The molecule has 0 N–H and O–H groups in total. The molecule has 0 aromatic carbocycles. The standard InChI is InChI=1S/C21H25N5OS/c1-13-7-10-26(12-16(13)27-2)20-18-14-5-3-4-6-17(14)28-21(18)25-19(24-20)15-11-22-8-9-23-15/h8-9,11,13,16H,3-7,10,12H2,1-2H3. The van der Waals surface area contributed by atoms with Crippen LogP contribution in [0.25, 0.3) is 21.7 Å². The number of thiophene rings is 1. The summed E-state index contributed by atoms with van der Waals surface area (Å²) in [5.41, 5.74) is 2.20. The number of aromatic nitrogens is 4. The minimum Gasteiger partial charge on any atom is -0.379 e. The summed E-state index contributed by atoms with van der Waals surface area (Å²) in [7, 11) is 1.82. The Morgan fingerprint density at radius 3 is 2.89 bits per heavy atom. The Morgan fingerprint density at radius 1 is 1.18 bits per heavy atom. The van der Waals surface area contributed by atoms with Crippen molar-refractivity contribution < 1.29 is 4.74 Å². The summed E-state index contributed by atoms with van der Waals surface area (Å²) in [5, 5.41) is 1.26. The van der Waals surface area contributed by atoms with Crippen molar-refractivity contribution >= 4 is 27.4 Å². The number of hydrogen-bond donors (Lipinski definition) is 0. The van der Waals surface area contributed by atoms with Crippen LogP contribution in [0.5, 0.6) is 0 Å². The molecule has 3 aromatic heterocycles. The van der Waals surface area contributed by atoms with E-state index in [4.69, 9.17) is 14.7 Å². The van der Waals surface area contributed by atoms with Crippen molar-refractivity contribution in [2.75, 3.05) is 25.1 Å². The summed E-state index contributed by atoms with van der Waals surface area (Å²) in [5.74, 6) is 2.29. The third kappa shape index (κ3) is 3.06. The van der Waals surface area contributed by atoms with Crippen LogP contribution in [0.4, 0.5) is 5.82 Å². The lowest BCUT2D eigenvalue weighted by molar-refractivity contribution is 0.0497. The Kier molecular flexibility index (Phi) is 4.72. The Balaban J connectivity index is 1.67. The molecular weight excluding hydrogens is 370 g/mol. The number of methoxy groups -OCH3 is 1. The zero-order valence-electron chi connectivity index (χ0n) is 16.4. The van der Waals surface area contributed by atoms with Gasteiger partial charge in [-0.15, -0.1) is 11.3 Å². The Bertz CT molecular complexity index is 989. The van der Waals surface area contributed by atoms with E-state index >= 15 is 0 Å². The summed E-state index contributed by atoms with van der Waals surface area (Å²) in [6.07, 6.45) is 11.3. The van der Waals surface area contributed by atoms with Crippen LogP contribution in [0.1, 0.15) is 36.6 Å². The van der Waals surface area contributed by atoms with Gasteiger partial charge < -0.3 is 9.64 Å². The van der Waals surface area contributed by atoms with Crippen LogP contribution in [0.2, 0.25) is 0 Å². The molecule has 0 spiro atoms. The first kappa shape index (κ1) is 17.9. The highest BCUT2D eigenvalue weighted by molar-refractivity contribution is 7.19. The van der Waals surface area contributed by atoms with E-state index in [-0.39, 0.29) is 6.10 Å². The van der Waals surface area contributed by atoms with Crippen LogP contribution in [-0.4, -0.2) is 46.2 Å². The minimum absolute atomic E-state index is 0.230. The van der Waals surface area contributed by atoms with E-state index in [0.717, 1.165) is 48.7 Å². The molecule has 1 aliphatic heterocycles. The van der Waals surface area contributed by atoms with Crippen molar-refractivity contribution in [2.24, 2.45) is 5.92 Å². The van der Waals surface area contributed by atoms with Gasteiger partial charge in [0.2, 0.25) is 0 Å². The van der Waals surface area contributed by atoms with Crippen LogP contribution < -0.4 is 4.90 Å². The molecule has 0 bridgehead atoms. The SMILES string of the molecule is COC1CN(c2nc(-c3cnccn3)nc3sc4c(c23)CCCC4)CCC1C. The molecule has 2 unspecified atom stereocenters. The molecule has 0 amide bonds. The molecule has 1 fully saturated rings. The average Bonchev–Trinajstić information content (AvgIpc) is 3.12. The number of hydrogen-bond acceptors (Lipinski definition) is 7. The maximum atomic E-state index is 5.77. The molecule has 5 rings (SSSR count). The van der Waals surface area contributed by atoms with Crippen LogP contribution in [0.3, 0.4) is 0 Å². The van der Waals surface area contributed by atoms with E-state index < -0.39 is 0 Å². The number of rotatable bonds is 3. The second-order valence-corrected chi connectivity index (χ2v) is 8.92. The highest BCUT2D eigenvalue weighted by Crippen LogP contribution is 2.41. The molecule has 146 valence electrons. The van der Waals surface area contributed by atoms with Crippen molar-refractivity contribution in [1.82, 2.24) is 19.9 Å². The molecule has 0 radical (unpaired) electrons. The predicted molar refractivity (Wildman–Crippen MR) is 112 cm³/mol. The molecule has 4 heterocycles. The molecule has 2 atom stereocenters. The number of nitrogens with zero attached hydrogens (tertiary/aromatic N) is 5. The van der Waals surface area contributed by atoms with Crippen LogP contribution >= 0.6 is 11.3 Å². The monoisotopic (exact) mass is 395 g/mol. The van der Waals surface area contributed by atoms with Crippen LogP contribution in [0.15, 0.2) is 18.6 Å². The first-order chi connectivity index (χ1) is 13.7.